The van der Waals surface area contributed by atoms with Crippen LogP contribution >= 0.6 is 11.6 Å². The molecule has 0 bridgehead atoms. The lowest BCUT2D eigenvalue weighted by atomic mass is 10.2. The Bertz CT molecular complexity index is 577. The smallest absolute Gasteiger partial charge is 0.259 e. The normalized spacial score (nSPS) is 10.4. The number of hydrogen-bond acceptors (Lipinski definition) is 4. The number of aromatic nitrogens is 2. The third kappa shape index (κ3) is 2.57. The molecular formula is C12H11ClFN3O. The van der Waals surface area contributed by atoms with E-state index in [4.69, 9.17) is 22.1 Å². The minimum Gasteiger partial charge on any atom is -0.435 e. The van der Waals surface area contributed by atoms with Crippen LogP contribution in [0.1, 0.15) is 11.3 Å². The van der Waals surface area contributed by atoms with E-state index in [9.17, 15) is 4.39 Å². The van der Waals surface area contributed by atoms with Crippen molar-refractivity contribution in [2.45, 2.75) is 13.5 Å². The van der Waals surface area contributed by atoms with E-state index < -0.39 is 5.82 Å². The van der Waals surface area contributed by atoms with Crippen molar-refractivity contribution in [3.8, 4) is 11.6 Å². The van der Waals surface area contributed by atoms with E-state index >= 15 is 0 Å². The van der Waals surface area contributed by atoms with Crippen LogP contribution in [0.2, 0.25) is 5.02 Å². The lowest BCUT2D eigenvalue weighted by Crippen LogP contribution is -1.99. The van der Waals surface area contributed by atoms with Crippen LogP contribution in [0, 0.1) is 12.7 Å². The number of benzene rings is 1. The molecule has 0 aliphatic rings. The Hall–Kier alpha value is -1.72. The van der Waals surface area contributed by atoms with Gasteiger partial charge >= 0.3 is 0 Å². The summed E-state index contributed by atoms with van der Waals surface area (Å²) < 4.78 is 19.0. The second-order valence-electron chi connectivity index (χ2n) is 3.65. The average molecular weight is 268 g/mol. The van der Waals surface area contributed by atoms with Crippen molar-refractivity contribution in [2.24, 2.45) is 5.73 Å². The van der Waals surface area contributed by atoms with Gasteiger partial charge in [-0.15, -0.1) is 0 Å². The zero-order valence-corrected chi connectivity index (χ0v) is 10.4. The van der Waals surface area contributed by atoms with Crippen LogP contribution < -0.4 is 10.5 Å². The molecule has 0 saturated heterocycles. The van der Waals surface area contributed by atoms with Crippen molar-refractivity contribution < 1.29 is 9.13 Å². The first-order valence-electron chi connectivity index (χ1n) is 5.25. The number of rotatable bonds is 3. The number of halogens is 2. The molecule has 2 N–H and O–H groups in total. The standard InChI is InChI=1S/C12H11ClFN3O/c1-7-11(14)12(17-6-16-7)18-10-3-2-8(5-15)4-9(10)13/h2-4,6H,5,15H2,1H3. The molecule has 0 aliphatic carbocycles. The molecule has 0 atom stereocenters. The lowest BCUT2D eigenvalue weighted by Gasteiger charge is -2.08. The third-order valence-corrected chi connectivity index (χ3v) is 2.67. The van der Waals surface area contributed by atoms with E-state index in [0.29, 0.717) is 17.3 Å². The molecule has 1 heterocycles. The summed E-state index contributed by atoms with van der Waals surface area (Å²) in [6, 6.07) is 5.05. The summed E-state index contributed by atoms with van der Waals surface area (Å²) in [5, 5.41) is 0.355. The fourth-order valence-electron chi connectivity index (χ4n) is 1.37. The zero-order valence-electron chi connectivity index (χ0n) is 9.65. The molecular weight excluding hydrogens is 257 g/mol. The molecule has 1 aromatic carbocycles. The van der Waals surface area contributed by atoms with Gasteiger partial charge in [-0.2, -0.15) is 9.37 Å². The van der Waals surface area contributed by atoms with Crippen LogP contribution in [0.4, 0.5) is 4.39 Å². The Morgan fingerprint density at radius 1 is 1.39 bits per heavy atom. The summed E-state index contributed by atoms with van der Waals surface area (Å²) in [6.07, 6.45) is 1.23. The number of nitrogens with zero attached hydrogens (tertiary/aromatic N) is 2. The third-order valence-electron chi connectivity index (χ3n) is 2.37. The summed E-state index contributed by atoms with van der Waals surface area (Å²) >= 11 is 6.00. The van der Waals surface area contributed by atoms with Crippen molar-refractivity contribution in [1.82, 2.24) is 9.97 Å². The molecule has 2 aromatic rings. The van der Waals surface area contributed by atoms with Crippen LogP contribution in [0.15, 0.2) is 24.5 Å². The first-order valence-corrected chi connectivity index (χ1v) is 5.63. The minimum absolute atomic E-state index is 0.148. The highest BCUT2D eigenvalue weighted by Gasteiger charge is 2.12. The molecule has 0 saturated carbocycles. The summed E-state index contributed by atoms with van der Waals surface area (Å²) in [4.78, 5) is 7.44. The number of nitrogens with two attached hydrogens (primary N) is 1. The van der Waals surface area contributed by atoms with E-state index in [1.165, 1.54) is 13.3 Å². The van der Waals surface area contributed by atoms with Gasteiger partial charge in [0.15, 0.2) is 0 Å². The van der Waals surface area contributed by atoms with Crippen molar-refractivity contribution in [1.29, 1.82) is 0 Å². The molecule has 6 heteroatoms. The molecule has 0 unspecified atom stereocenters. The zero-order chi connectivity index (χ0) is 13.1. The predicted molar refractivity (Wildman–Crippen MR) is 66.1 cm³/mol. The maximum Gasteiger partial charge on any atom is 0.259 e. The van der Waals surface area contributed by atoms with Gasteiger partial charge in [0.25, 0.3) is 5.88 Å². The predicted octanol–water partition coefficient (Wildman–Crippen LogP) is 2.83. The van der Waals surface area contributed by atoms with Gasteiger partial charge in [-0.3, -0.25) is 0 Å². The van der Waals surface area contributed by atoms with E-state index in [1.807, 2.05) is 0 Å². The van der Waals surface area contributed by atoms with Crippen LogP contribution in [0.25, 0.3) is 0 Å². The monoisotopic (exact) mass is 267 g/mol. The molecule has 0 spiro atoms. The summed E-state index contributed by atoms with van der Waals surface area (Å²) in [6.45, 7) is 1.91. The van der Waals surface area contributed by atoms with E-state index in [-0.39, 0.29) is 11.6 Å². The SMILES string of the molecule is Cc1ncnc(Oc2ccc(CN)cc2Cl)c1F. The highest BCUT2D eigenvalue weighted by atomic mass is 35.5. The van der Waals surface area contributed by atoms with E-state index in [0.717, 1.165) is 5.56 Å². The van der Waals surface area contributed by atoms with Gasteiger partial charge in [0, 0.05) is 6.54 Å². The molecule has 0 amide bonds. The molecule has 4 nitrogen and oxygen atoms in total. The first kappa shape index (κ1) is 12.7. The molecule has 1 aromatic heterocycles. The molecule has 0 aliphatic heterocycles. The van der Waals surface area contributed by atoms with Gasteiger partial charge in [-0.05, 0) is 24.6 Å². The van der Waals surface area contributed by atoms with Crippen molar-refractivity contribution in [2.75, 3.05) is 0 Å². The van der Waals surface area contributed by atoms with E-state index in [2.05, 4.69) is 9.97 Å². The number of hydrogen-bond donors (Lipinski definition) is 1. The highest BCUT2D eigenvalue weighted by Crippen LogP contribution is 2.30. The second kappa shape index (κ2) is 5.29. The summed E-state index contributed by atoms with van der Waals surface area (Å²) in [5.41, 5.74) is 6.57. The van der Waals surface area contributed by atoms with Gasteiger partial charge in [-0.25, -0.2) is 4.98 Å². The van der Waals surface area contributed by atoms with Crippen LogP contribution in [-0.4, -0.2) is 9.97 Å². The van der Waals surface area contributed by atoms with Gasteiger partial charge in [0.1, 0.15) is 12.1 Å². The number of ether oxygens (including phenoxy) is 1. The Morgan fingerprint density at radius 2 is 2.17 bits per heavy atom. The van der Waals surface area contributed by atoms with Gasteiger partial charge < -0.3 is 10.5 Å². The maximum atomic E-state index is 13.7. The Balaban J connectivity index is 2.31. The summed E-state index contributed by atoms with van der Waals surface area (Å²) in [7, 11) is 0. The molecule has 0 radical (unpaired) electrons. The van der Waals surface area contributed by atoms with Crippen molar-refractivity contribution in [3.05, 3.63) is 46.6 Å². The van der Waals surface area contributed by atoms with Gasteiger partial charge in [0.05, 0.1) is 10.7 Å². The Kier molecular flexibility index (Phi) is 3.74. The Labute approximate surface area is 109 Å². The van der Waals surface area contributed by atoms with Crippen LogP contribution in [-0.2, 0) is 6.54 Å². The topological polar surface area (TPSA) is 61.0 Å². The highest BCUT2D eigenvalue weighted by molar-refractivity contribution is 6.32. The quantitative estimate of drug-likeness (QED) is 0.929. The largest absolute Gasteiger partial charge is 0.435 e. The van der Waals surface area contributed by atoms with Crippen LogP contribution in [0.3, 0.4) is 0 Å². The lowest BCUT2D eigenvalue weighted by molar-refractivity contribution is 0.417. The maximum absolute atomic E-state index is 13.7. The Morgan fingerprint density at radius 3 is 2.83 bits per heavy atom. The fourth-order valence-corrected chi connectivity index (χ4v) is 1.61. The molecule has 94 valence electrons. The minimum atomic E-state index is -0.600. The summed E-state index contributed by atoms with van der Waals surface area (Å²) in [5.74, 6) is -0.424. The van der Waals surface area contributed by atoms with Crippen molar-refractivity contribution >= 4 is 11.6 Å². The molecule has 18 heavy (non-hydrogen) atoms. The van der Waals surface area contributed by atoms with Gasteiger partial charge in [0.2, 0.25) is 5.82 Å². The first-order chi connectivity index (χ1) is 8.61. The fraction of sp³-hybridized carbons (Fsp3) is 0.167. The van der Waals surface area contributed by atoms with E-state index in [1.54, 1.807) is 18.2 Å². The molecule has 0 fully saturated rings. The van der Waals surface area contributed by atoms with Crippen molar-refractivity contribution in [3.63, 3.8) is 0 Å². The number of aryl methyl sites for hydroxylation is 1. The molecule has 2 rings (SSSR count). The van der Waals surface area contributed by atoms with Gasteiger partial charge in [-0.1, -0.05) is 17.7 Å². The van der Waals surface area contributed by atoms with Crippen LogP contribution in [0.5, 0.6) is 11.6 Å². The average Bonchev–Trinajstić information content (AvgIpc) is 2.37. The second-order valence-corrected chi connectivity index (χ2v) is 4.06.